The normalized spacial score (nSPS) is 12.2. The third kappa shape index (κ3) is 4.10. The Morgan fingerprint density at radius 2 is 1.92 bits per heavy atom. The van der Waals surface area contributed by atoms with Gasteiger partial charge in [-0.2, -0.15) is 0 Å². The van der Waals surface area contributed by atoms with Gasteiger partial charge in [0.1, 0.15) is 0 Å². The lowest BCUT2D eigenvalue weighted by Crippen LogP contribution is -2.36. The Kier molecular flexibility index (Phi) is 5.90. The molecular weight excluding hydrogens is 304 g/mol. The first kappa shape index (κ1) is 17.9. The number of amides is 1. The Labute approximate surface area is 142 Å². The molecule has 1 aromatic heterocycles. The number of nitrogens with zero attached hydrogens (tertiary/aromatic N) is 1. The molecule has 1 heterocycles. The highest BCUT2D eigenvalue weighted by Gasteiger charge is 2.21. The van der Waals surface area contributed by atoms with E-state index in [2.05, 4.69) is 10.3 Å². The smallest absolute Gasteiger partial charge is 0.339 e. The molecule has 24 heavy (non-hydrogen) atoms. The highest BCUT2D eigenvalue weighted by Crippen LogP contribution is 2.23. The van der Waals surface area contributed by atoms with E-state index in [4.69, 9.17) is 4.74 Å². The molecule has 0 unspecified atom stereocenters. The minimum absolute atomic E-state index is 0.187. The largest absolute Gasteiger partial charge is 0.449 e. The highest BCUT2D eigenvalue weighted by molar-refractivity contribution is 6.04. The van der Waals surface area contributed by atoms with E-state index in [9.17, 15) is 9.59 Å². The number of hydrogen-bond donors (Lipinski definition) is 1. The molecule has 2 aromatic rings. The molecule has 0 aliphatic heterocycles. The molecule has 0 aliphatic rings. The maximum atomic E-state index is 12.6. The van der Waals surface area contributed by atoms with Crippen LogP contribution in [0.1, 0.15) is 56.1 Å². The van der Waals surface area contributed by atoms with Crippen molar-refractivity contribution in [3.63, 3.8) is 0 Å². The van der Waals surface area contributed by atoms with E-state index < -0.39 is 12.1 Å². The third-order valence-corrected chi connectivity index (χ3v) is 3.75. The van der Waals surface area contributed by atoms with Crippen molar-refractivity contribution < 1.29 is 14.3 Å². The van der Waals surface area contributed by atoms with E-state index in [-0.39, 0.29) is 11.8 Å². The molecule has 0 aliphatic carbocycles. The van der Waals surface area contributed by atoms with Crippen LogP contribution in [0.3, 0.4) is 0 Å². The van der Waals surface area contributed by atoms with E-state index in [1.165, 1.54) is 0 Å². The van der Waals surface area contributed by atoms with Gasteiger partial charge < -0.3 is 10.1 Å². The summed E-state index contributed by atoms with van der Waals surface area (Å²) in [7, 11) is 0. The molecule has 0 bridgehead atoms. The fraction of sp³-hybridized carbons (Fsp3) is 0.421. The quantitative estimate of drug-likeness (QED) is 0.825. The lowest BCUT2D eigenvalue weighted by atomic mass is 10.0. The number of ether oxygens (including phenoxy) is 1. The lowest BCUT2D eigenvalue weighted by molar-refractivity contribution is -0.129. The predicted molar refractivity (Wildman–Crippen MR) is 94.0 cm³/mol. The minimum Gasteiger partial charge on any atom is -0.449 e. The zero-order valence-corrected chi connectivity index (χ0v) is 14.6. The second-order valence-corrected chi connectivity index (χ2v) is 6.11. The Balaban J connectivity index is 2.30. The number of para-hydroxylation sites is 1. The fourth-order valence-corrected chi connectivity index (χ4v) is 2.33. The van der Waals surface area contributed by atoms with Gasteiger partial charge in [-0.05, 0) is 31.4 Å². The van der Waals surface area contributed by atoms with Gasteiger partial charge in [-0.1, -0.05) is 39.0 Å². The molecule has 1 N–H and O–H groups in total. The van der Waals surface area contributed by atoms with Gasteiger partial charge in [0, 0.05) is 17.6 Å². The number of carbonyl (C=O) groups is 2. The molecule has 0 saturated carbocycles. The summed E-state index contributed by atoms with van der Waals surface area (Å²) in [5, 5.41) is 3.46. The Morgan fingerprint density at radius 1 is 1.21 bits per heavy atom. The Hall–Kier alpha value is -2.43. The van der Waals surface area contributed by atoms with Crippen molar-refractivity contribution in [3.05, 3.63) is 41.6 Å². The molecule has 1 amide bonds. The maximum Gasteiger partial charge on any atom is 0.339 e. The van der Waals surface area contributed by atoms with Gasteiger partial charge in [0.2, 0.25) is 0 Å². The number of pyridine rings is 1. The maximum absolute atomic E-state index is 12.6. The van der Waals surface area contributed by atoms with Gasteiger partial charge in [-0.15, -0.1) is 0 Å². The predicted octanol–water partition coefficient (Wildman–Crippen LogP) is 3.43. The van der Waals surface area contributed by atoms with Gasteiger partial charge in [-0.25, -0.2) is 4.79 Å². The van der Waals surface area contributed by atoms with Crippen LogP contribution in [0.4, 0.5) is 0 Å². The van der Waals surface area contributed by atoms with Crippen LogP contribution in [-0.2, 0) is 9.53 Å². The zero-order valence-electron chi connectivity index (χ0n) is 14.6. The summed E-state index contributed by atoms with van der Waals surface area (Å²) < 4.78 is 5.36. The molecule has 1 atom stereocenters. The Morgan fingerprint density at radius 3 is 2.58 bits per heavy atom. The van der Waals surface area contributed by atoms with E-state index in [1.807, 2.05) is 45.0 Å². The van der Waals surface area contributed by atoms with Crippen molar-refractivity contribution in [2.75, 3.05) is 6.54 Å². The molecule has 0 spiro atoms. The molecule has 128 valence electrons. The van der Waals surface area contributed by atoms with Crippen LogP contribution in [0.15, 0.2) is 30.3 Å². The van der Waals surface area contributed by atoms with Crippen LogP contribution in [0.5, 0.6) is 0 Å². The first-order chi connectivity index (χ1) is 11.4. The number of fused-ring (bicyclic) bond motifs is 1. The average molecular weight is 328 g/mol. The second-order valence-electron chi connectivity index (χ2n) is 6.11. The molecule has 5 heteroatoms. The third-order valence-electron chi connectivity index (χ3n) is 3.75. The first-order valence-electron chi connectivity index (χ1n) is 8.32. The number of carbonyl (C=O) groups excluding carboxylic acids is 2. The number of rotatable bonds is 6. The van der Waals surface area contributed by atoms with Crippen molar-refractivity contribution in [2.24, 2.45) is 0 Å². The van der Waals surface area contributed by atoms with Crippen LogP contribution in [0.25, 0.3) is 10.9 Å². The monoisotopic (exact) mass is 328 g/mol. The lowest BCUT2D eigenvalue weighted by Gasteiger charge is -2.15. The van der Waals surface area contributed by atoms with Gasteiger partial charge in [-0.3, -0.25) is 9.78 Å². The Bertz CT molecular complexity index is 740. The van der Waals surface area contributed by atoms with Crippen LogP contribution in [0.2, 0.25) is 0 Å². The second kappa shape index (κ2) is 7.90. The zero-order chi connectivity index (χ0) is 17.7. The summed E-state index contributed by atoms with van der Waals surface area (Å²) in [5.41, 5.74) is 2.02. The number of nitrogens with one attached hydrogen (secondary N) is 1. The summed E-state index contributed by atoms with van der Waals surface area (Å²) in [6.07, 6.45) is -0.00226. The molecule has 0 saturated heterocycles. The van der Waals surface area contributed by atoms with Gasteiger partial charge in [0.05, 0.1) is 11.1 Å². The number of hydrogen-bond acceptors (Lipinski definition) is 4. The summed E-state index contributed by atoms with van der Waals surface area (Å²) in [4.78, 5) is 29.1. The molecule has 1 aromatic carbocycles. The molecular formula is C19H24N2O3. The van der Waals surface area contributed by atoms with Crippen molar-refractivity contribution >= 4 is 22.8 Å². The van der Waals surface area contributed by atoms with Gasteiger partial charge >= 0.3 is 5.97 Å². The summed E-state index contributed by atoms with van der Waals surface area (Å²) in [6, 6.07) is 9.20. The summed E-state index contributed by atoms with van der Waals surface area (Å²) in [5.74, 6) is -0.603. The first-order valence-corrected chi connectivity index (χ1v) is 8.32. The van der Waals surface area contributed by atoms with E-state index in [1.54, 1.807) is 13.0 Å². The van der Waals surface area contributed by atoms with Crippen LogP contribution >= 0.6 is 0 Å². The van der Waals surface area contributed by atoms with Crippen molar-refractivity contribution in [2.45, 2.75) is 46.1 Å². The van der Waals surface area contributed by atoms with Crippen LogP contribution in [-0.4, -0.2) is 29.5 Å². The molecule has 0 radical (unpaired) electrons. The number of benzene rings is 1. The van der Waals surface area contributed by atoms with Crippen molar-refractivity contribution in [1.29, 1.82) is 0 Å². The molecule has 2 rings (SSSR count). The summed E-state index contributed by atoms with van der Waals surface area (Å²) in [6.45, 7) is 8.15. The fourth-order valence-electron chi connectivity index (χ4n) is 2.33. The summed E-state index contributed by atoms with van der Waals surface area (Å²) >= 11 is 0. The standard InChI is InChI=1S/C19H24N2O3/c1-5-10-20-18(22)13(4)24-19(23)15-11-17(12(2)3)21-16-9-7-6-8-14(15)16/h6-9,11-13H,5,10H2,1-4H3,(H,20,22)/t13-/m1/s1. The van der Waals surface area contributed by atoms with E-state index in [0.717, 1.165) is 23.0 Å². The van der Waals surface area contributed by atoms with Gasteiger partial charge in [0.25, 0.3) is 5.91 Å². The number of aromatic nitrogens is 1. The SMILES string of the molecule is CCCNC(=O)[C@@H](C)OC(=O)c1cc(C(C)C)nc2ccccc12. The van der Waals surface area contributed by atoms with Gasteiger partial charge in [0.15, 0.2) is 6.10 Å². The van der Waals surface area contributed by atoms with Crippen molar-refractivity contribution in [1.82, 2.24) is 10.3 Å². The highest BCUT2D eigenvalue weighted by atomic mass is 16.5. The average Bonchev–Trinajstić information content (AvgIpc) is 2.58. The van der Waals surface area contributed by atoms with Crippen LogP contribution < -0.4 is 5.32 Å². The minimum atomic E-state index is -0.835. The van der Waals surface area contributed by atoms with E-state index in [0.29, 0.717) is 12.1 Å². The number of esters is 1. The molecule has 0 fully saturated rings. The topological polar surface area (TPSA) is 68.3 Å². The van der Waals surface area contributed by atoms with E-state index >= 15 is 0 Å². The van der Waals surface area contributed by atoms with Crippen molar-refractivity contribution in [3.8, 4) is 0 Å². The molecule has 5 nitrogen and oxygen atoms in total. The van der Waals surface area contributed by atoms with Crippen LogP contribution in [0, 0.1) is 0 Å².